The molecular weight excluding hydrogens is 188 g/mol. The van der Waals surface area contributed by atoms with Gasteiger partial charge in [-0.25, -0.2) is 0 Å². The molecule has 0 aliphatic carbocycles. The predicted octanol–water partition coefficient (Wildman–Crippen LogP) is 2.36. The molecule has 0 radical (unpaired) electrons. The minimum absolute atomic E-state index is 0.127. The van der Waals surface area contributed by atoms with Crippen LogP contribution in [0.2, 0.25) is 0 Å². The fraction of sp³-hybridized carbons (Fsp3) is 0.750. The molecule has 2 heterocycles. The summed E-state index contributed by atoms with van der Waals surface area (Å²) in [4.78, 5) is 0. The molecule has 0 bridgehead atoms. The zero-order chi connectivity index (χ0) is 11.1. The van der Waals surface area contributed by atoms with Crippen LogP contribution in [0.25, 0.3) is 0 Å². The lowest BCUT2D eigenvalue weighted by molar-refractivity contribution is 0.384. The molecule has 1 aromatic rings. The Balaban J connectivity index is 2.39. The molecule has 0 spiro atoms. The van der Waals surface area contributed by atoms with E-state index in [1.54, 1.807) is 0 Å². The maximum absolute atomic E-state index is 5.36. The van der Waals surface area contributed by atoms with E-state index in [0.29, 0.717) is 5.92 Å². The average Bonchev–Trinajstić information content (AvgIpc) is 2.68. The van der Waals surface area contributed by atoms with Gasteiger partial charge in [-0.15, -0.1) is 0 Å². The van der Waals surface area contributed by atoms with Crippen LogP contribution in [0.5, 0.6) is 0 Å². The maximum atomic E-state index is 5.36. The summed E-state index contributed by atoms with van der Waals surface area (Å²) in [6.45, 7) is 10.8. The van der Waals surface area contributed by atoms with Gasteiger partial charge in [-0.3, -0.25) is 0 Å². The first-order chi connectivity index (χ1) is 7.00. The van der Waals surface area contributed by atoms with Crippen molar-refractivity contribution in [1.29, 1.82) is 0 Å². The Morgan fingerprint density at radius 2 is 2.13 bits per heavy atom. The Morgan fingerprint density at radius 1 is 1.40 bits per heavy atom. The third-order valence-corrected chi connectivity index (χ3v) is 3.09. The molecular formula is C12H20N2O. The van der Waals surface area contributed by atoms with Gasteiger partial charge >= 0.3 is 0 Å². The van der Waals surface area contributed by atoms with E-state index in [1.807, 2.05) is 6.92 Å². The van der Waals surface area contributed by atoms with E-state index in [-0.39, 0.29) is 5.41 Å². The van der Waals surface area contributed by atoms with E-state index in [4.69, 9.17) is 4.52 Å². The minimum atomic E-state index is 0.127. The number of aryl methyl sites for hydroxylation is 1. The molecule has 3 heteroatoms. The molecule has 1 atom stereocenters. The van der Waals surface area contributed by atoms with Crippen LogP contribution >= 0.6 is 0 Å². The summed E-state index contributed by atoms with van der Waals surface area (Å²) in [7, 11) is 0. The van der Waals surface area contributed by atoms with Crippen LogP contribution in [0.4, 0.5) is 0 Å². The van der Waals surface area contributed by atoms with Crippen molar-refractivity contribution in [2.45, 2.75) is 45.4 Å². The molecule has 1 saturated heterocycles. The number of hydrogen-bond donors (Lipinski definition) is 1. The molecule has 1 N–H and O–H groups in total. The Labute approximate surface area is 91.2 Å². The Hall–Kier alpha value is -0.830. The second-order valence-electron chi connectivity index (χ2n) is 5.44. The molecule has 3 nitrogen and oxygen atoms in total. The van der Waals surface area contributed by atoms with Crippen LogP contribution in [-0.2, 0) is 5.41 Å². The van der Waals surface area contributed by atoms with Crippen molar-refractivity contribution in [3.8, 4) is 0 Å². The molecule has 0 aromatic carbocycles. The highest BCUT2D eigenvalue weighted by Crippen LogP contribution is 2.34. The summed E-state index contributed by atoms with van der Waals surface area (Å²) in [5, 5.41) is 7.63. The summed E-state index contributed by atoms with van der Waals surface area (Å²) in [6.07, 6.45) is 1.18. The smallest absolute Gasteiger partial charge is 0.137 e. The fourth-order valence-corrected chi connectivity index (χ4v) is 2.47. The van der Waals surface area contributed by atoms with Crippen LogP contribution in [0.15, 0.2) is 4.52 Å². The highest BCUT2D eigenvalue weighted by atomic mass is 16.5. The second-order valence-corrected chi connectivity index (χ2v) is 5.44. The first kappa shape index (κ1) is 10.7. The largest absolute Gasteiger partial charge is 0.361 e. The zero-order valence-electron chi connectivity index (χ0n) is 10.1. The fourth-order valence-electron chi connectivity index (χ4n) is 2.47. The quantitative estimate of drug-likeness (QED) is 0.770. The third kappa shape index (κ3) is 1.93. The third-order valence-electron chi connectivity index (χ3n) is 3.09. The highest BCUT2D eigenvalue weighted by Gasteiger charge is 2.30. The summed E-state index contributed by atoms with van der Waals surface area (Å²) in [5.74, 6) is 1.51. The monoisotopic (exact) mass is 208 g/mol. The molecule has 1 unspecified atom stereocenters. The lowest BCUT2D eigenvalue weighted by atomic mass is 9.82. The molecule has 1 aliphatic rings. The van der Waals surface area contributed by atoms with E-state index in [2.05, 4.69) is 31.2 Å². The molecule has 1 aliphatic heterocycles. The first-order valence-electron chi connectivity index (χ1n) is 5.67. The van der Waals surface area contributed by atoms with Gasteiger partial charge in [0, 0.05) is 18.0 Å². The Bertz CT molecular complexity index is 343. The van der Waals surface area contributed by atoms with Gasteiger partial charge in [-0.1, -0.05) is 25.9 Å². The van der Waals surface area contributed by atoms with Crippen LogP contribution in [0.3, 0.4) is 0 Å². The number of hydrogen-bond acceptors (Lipinski definition) is 3. The van der Waals surface area contributed by atoms with Gasteiger partial charge in [0.1, 0.15) is 5.76 Å². The SMILES string of the molecule is Cc1onc(C2CCNC2)c1C(C)(C)C. The lowest BCUT2D eigenvalue weighted by Gasteiger charge is -2.20. The van der Waals surface area contributed by atoms with Crippen LogP contribution in [0, 0.1) is 6.92 Å². The van der Waals surface area contributed by atoms with Crippen molar-refractivity contribution in [3.63, 3.8) is 0 Å². The number of aromatic nitrogens is 1. The van der Waals surface area contributed by atoms with Gasteiger partial charge in [-0.05, 0) is 25.3 Å². The van der Waals surface area contributed by atoms with Crippen molar-refractivity contribution in [3.05, 3.63) is 17.0 Å². The van der Waals surface area contributed by atoms with Gasteiger partial charge in [0.15, 0.2) is 0 Å². The van der Waals surface area contributed by atoms with E-state index < -0.39 is 0 Å². The van der Waals surface area contributed by atoms with E-state index in [1.165, 1.54) is 17.7 Å². The summed E-state index contributed by atoms with van der Waals surface area (Å²) in [5.41, 5.74) is 2.60. The molecule has 1 aromatic heterocycles. The van der Waals surface area contributed by atoms with Crippen molar-refractivity contribution < 1.29 is 4.52 Å². The molecule has 1 fully saturated rings. The molecule has 15 heavy (non-hydrogen) atoms. The van der Waals surface area contributed by atoms with Crippen LogP contribution < -0.4 is 5.32 Å². The van der Waals surface area contributed by atoms with Crippen LogP contribution in [-0.4, -0.2) is 18.2 Å². The van der Waals surface area contributed by atoms with Crippen molar-refractivity contribution in [2.24, 2.45) is 0 Å². The van der Waals surface area contributed by atoms with Gasteiger partial charge in [-0.2, -0.15) is 0 Å². The standard InChI is InChI=1S/C12H20N2O/c1-8-10(12(2,3)4)11(14-15-8)9-5-6-13-7-9/h9,13H,5-7H2,1-4H3. The normalized spacial score (nSPS) is 22.3. The summed E-state index contributed by atoms with van der Waals surface area (Å²) in [6, 6.07) is 0. The Kier molecular flexibility index (Phi) is 2.59. The molecule has 2 rings (SSSR count). The van der Waals surface area contributed by atoms with E-state index >= 15 is 0 Å². The predicted molar refractivity (Wildman–Crippen MR) is 60.2 cm³/mol. The van der Waals surface area contributed by atoms with Crippen molar-refractivity contribution in [1.82, 2.24) is 10.5 Å². The number of nitrogens with one attached hydrogen (secondary N) is 1. The number of nitrogens with zero attached hydrogens (tertiary/aromatic N) is 1. The van der Waals surface area contributed by atoms with Gasteiger partial charge in [0.05, 0.1) is 5.69 Å². The van der Waals surface area contributed by atoms with Crippen molar-refractivity contribution >= 4 is 0 Å². The van der Waals surface area contributed by atoms with Crippen molar-refractivity contribution in [2.75, 3.05) is 13.1 Å². The average molecular weight is 208 g/mol. The lowest BCUT2D eigenvalue weighted by Crippen LogP contribution is -2.17. The zero-order valence-corrected chi connectivity index (χ0v) is 10.1. The molecule has 0 amide bonds. The maximum Gasteiger partial charge on any atom is 0.137 e. The van der Waals surface area contributed by atoms with E-state index in [0.717, 1.165) is 18.8 Å². The van der Waals surface area contributed by atoms with E-state index in [9.17, 15) is 0 Å². The van der Waals surface area contributed by atoms with Crippen LogP contribution in [0.1, 0.15) is 50.1 Å². The topological polar surface area (TPSA) is 38.1 Å². The second kappa shape index (κ2) is 3.63. The highest BCUT2D eigenvalue weighted by molar-refractivity contribution is 5.32. The first-order valence-corrected chi connectivity index (χ1v) is 5.67. The van der Waals surface area contributed by atoms with Gasteiger partial charge < -0.3 is 9.84 Å². The number of rotatable bonds is 1. The van der Waals surface area contributed by atoms with Gasteiger partial charge in [0.25, 0.3) is 0 Å². The molecule has 84 valence electrons. The summed E-state index contributed by atoms with van der Waals surface area (Å²) >= 11 is 0. The molecule has 0 saturated carbocycles. The van der Waals surface area contributed by atoms with Gasteiger partial charge in [0.2, 0.25) is 0 Å². The minimum Gasteiger partial charge on any atom is -0.361 e. The summed E-state index contributed by atoms with van der Waals surface area (Å²) < 4.78 is 5.36. The Morgan fingerprint density at radius 3 is 2.67 bits per heavy atom.